The van der Waals surface area contributed by atoms with E-state index in [1.807, 2.05) is 13.8 Å². The average Bonchev–Trinajstić information content (AvgIpc) is 1.87. The maximum absolute atomic E-state index is 3.84. The Labute approximate surface area is 62.2 Å². The minimum Gasteiger partial charge on any atom is -0.169 e. The Kier molecular flexibility index (Phi) is 5.92. The van der Waals surface area contributed by atoms with Crippen LogP contribution in [0.3, 0.4) is 0 Å². The second-order valence-corrected chi connectivity index (χ2v) is 2.36. The fourth-order valence-electron chi connectivity index (χ4n) is 0.395. The van der Waals surface area contributed by atoms with Crippen molar-refractivity contribution < 1.29 is 0 Å². The van der Waals surface area contributed by atoms with Gasteiger partial charge in [0.2, 0.25) is 0 Å². The van der Waals surface area contributed by atoms with E-state index in [9.17, 15) is 0 Å². The summed E-state index contributed by atoms with van der Waals surface area (Å²) < 4.78 is 0. The van der Waals surface area contributed by atoms with Crippen molar-refractivity contribution in [2.45, 2.75) is 33.6 Å². The number of unbranched alkanes of at least 4 members (excludes halogenated alkanes) is 1. The third-order valence-corrected chi connectivity index (χ3v) is 0.920. The summed E-state index contributed by atoms with van der Waals surface area (Å²) >= 11 is 0. The fraction of sp³-hybridized carbons (Fsp3) is 0.857. The molecule has 58 valence electrons. The summed E-state index contributed by atoms with van der Waals surface area (Å²) in [6, 6.07) is 0. The van der Waals surface area contributed by atoms with Crippen LogP contribution in [0.25, 0.3) is 0 Å². The van der Waals surface area contributed by atoms with Gasteiger partial charge in [0, 0.05) is 5.71 Å². The Bertz CT molecular complexity index is 123. The molecule has 0 amide bonds. The maximum atomic E-state index is 3.84. The van der Waals surface area contributed by atoms with Crippen LogP contribution in [-0.2, 0) is 0 Å². The van der Waals surface area contributed by atoms with Crippen molar-refractivity contribution in [2.24, 2.45) is 15.4 Å². The van der Waals surface area contributed by atoms with Gasteiger partial charge < -0.3 is 0 Å². The normalized spacial score (nSPS) is 10.3. The molecule has 0 radical (unpaired) electrons. The molecule has 0 unspecified atom stereocenters. The van der Waals surface area contributed by atoms with Crippen molar-refractivity contribution in [2.75, 3.05) is 6.54 Å². The van der Waals surface area contributed by atoms with Gasteiger partial charge in [-0.05, 0) is 25.5 Å². The number of hydrogen-bond donors (Lipinski definition) is 0. The molecule has 0 fully saturated rings. The molecule has 0 bridgehead atoms. The van der Waals surface area contributed by atoms with Crippen LogP contribution in [0.5, 0.6) is 0 Å². The second-order valence-electron chi connectivity index (χ2n) is 2.36. The fourth-order valence-corrected chi connectivity index (χ4v) is 0.395. The van der Waals surface area contributed by atoms with Crippen molar-refractivity contribution in [1.29, 1.82) is 0 Å². The molecular formula is C7H15N3. The SMILES string of the molecule is CCCC/N=N\N=C(C)C. The topological polar surface area (TPSA) is 37.1 Å². The van der Waals surface area contributed by atoms with E-state index in [1.54, 1.807) is 0 Å². The Morgan fingerprint density at radius 2 is 2.00 bits per heavy atom. The molecule has 0 saturated heterocycles. The highest BCUT2D eigenvalue weighted by molar-refractivity contribution is 5.78. The van der Waals surface area contributed by atoms with E-state index in [4.69, 9.17) is 0 Å². The van der Waals surface area contributed by atoms with Gasteiger partial charge in [-0.2, -0.15) is 5.11 Å². The third kappa shape index (κ3) is 7.27. The molecule has 0 aliphatic carbocycles. The Morgan fingerprint density at radius 1 is 1.30 bits per heavy atom. The minimum atomic E-state index is 0.799. The first kappa shape index (κ1) is 9.27. The highest BCUT2D eigenvalue weighted by atomic mass is 15.4. The Balaban J connectivity index is 3.29. The van der Waals surface area contributed by atoms with Crippen LogP contribution in [0.2, 0.25) is 0 Å². The lowest BCUT2D eigenvalue weighted by Crippen LogP contribution is -1.78. The molecule has 0 N–H and O–H groups in total. The third-order valence-electron chi connectivity index (χ3n) is 0.920. The lowest BCUT2D eigenvalue weighted by atomic mass is 10.3. The van der Waals surface area contributed by atoms with Crippen molar-refractivity contribution in [1.82, 2.24) is 0 Å². The molecule has 0 atom stereocenters. The van der Waals surface area contributed by atoms with Crippen LogP contribution >= 0.6 is 0 Å². The molecule has 0 saturated carbocycles. The first-order valence-electron chi connectivity index (χ1n) is 3.65. The zero-order valence-corrected chi connectivity index (χ0v) is 6.96. The smallest absolute Gasteiger partial charge is 0.0621 e. The zero-order valence-electron chi connectivity index (χ0n) is 6.96. The first-order chi connectivity index (χ1) is 4.77. The van der Waals surface area contributed by atoms with E-state index >= 15 is 0 Å². The van der Waals surface area contributed by atoms with E-state index in [2.05, 4.69) is 22.4 Å². The van der Waals surface area contributed by atoms with E-state index < -0.39 is 0 Å². The summed E-state index contributed by atoms with van der Waals surface area (Å²) in [6.45, 7) is 6.73. The molecule has 10 heavy (non-hydrogen) atoms. The largest absolute Gasteiger partial charge is 0.169 e. The summed E-state index contributed by atoms with van der Waals surface area (Å²) in [6.07, 6.45) is 2.26. The Hall–Kier alpha value is -0.730. The van der Waals surface area contributed by atoms with Crippen LogP contribution in [0.15, 0.2) is 15.4 Å². The molecule has 0 spiro atoms. The van der Waals surface area contributed by atoms with Gasteiger partial charge in [0.25, 0.3) is 0 Å². The van der Waals surface area contributed by atoms with Gasteiger partial charge in [-0.1, -0.05) is 13.3 Å². The van der Waals surface area contributed by atoms with Crippen LogP contribution < -0.4 is 0 Å². The first-order valence-corrected chi connectivity index (χ1v) is 3.65. The van der Waals surface area contributed by atoms with Crippen LogP contribution in [0.1, 0.15) is 33.6 Å². The summed E-state index contributed by atoms with van der Waals surface area (Å²) in [5.41, 5.74) is 0.945. The molecular weight excluding hydrogens is 126 g/mol. The van der Waals surface area contributed by atoms with E-state index in [0.29, 0.717) is 0 Å². The molecule has 0 heterocycles. The predicted octanol–water partition coefficient (Wildman–Crippen LogP) is 2.63. The van der Waals surface area contributed by atoms with Crippen LogP contribution in [0.4, 0.5) is 0 Å². The van der Waals surface area contributed by atoms with Crippen LogP contribution in [0, 0.1) is 0 Å². The molecule has 0 aliphatic rings. The lowest BCUT2D eigenvalue weighted by molar-refractivity contribution is 0.763. The van der Waals surface area contributed by atoms with E-state index in [1.165, 1.54) is 0 Å². The Morgan fingerprint density at radius 3 is 2.50 bits per heavy atom. The molecule has 3 nitrogen and oxygen atoms in total. The number of hydrogen-bond acceptors (Lipinski definition) is 2. The zero-order chi connectivity index (χ0) is 7.82. The summed E-state index contributed by atoms with van der Waals surface area (Å²) in [4.78, 5) is 0. The number of rotatable bonds is 4. The van der Waals surface area contributed by atoms with Gasteiger partial charge in [-0.3, -0.25) is 0 Å². The van der Waals surface area contributed by atoms with Gasteiger partial charge in [-0.15, -0.1) is 5.10 Å². The molecule has 0 aromatic carbocycles. The van der Waals surface area contributed by atoms with Gasteiger partial charge >= 0.3 is 0 Å². The summed E-state index contributed by atoms with van der Waals surface area (Å²) in [5, 5.41) is 11.2. The summed E-state index contributed by atoms with van der Waals surface area (Å²) in [7, 11) is 0. The highest BCUT2D eigenvalue weighted by Crippen LogP contribution is 1.88. The van der Waals surface area contributed by atoms with Gasteiger partial charge in [0.15, 0.2) is 0 Å². The average molecular weight is 141 g/mol. The quantitative estimate of drug-likeness (QED) is 0.250. The summed E-state index contributed by atoms with van der Waals surface area (Å²) in [5.74, 6) is 0. The van der Waals surface area contributed by atoms with E-state index in [0.717, 1.165) is 25.1 Å². The molecule has 0 rings (SSSR count). The predicted molar refractivity (Wildman–Crippen MR) is 43.4 cm³/mol. The van der Waals surface area contributed by atoms with Crippen LogP contribution in [-0.4, -0.2) is 12.3 Å². The standard InChI is InChI=1S/C7H15N3/c1-4-5-6-8-10-9-7(2)3/h4-6H2,1-3H3/b10-8-. The minimum absolute atomic E-state index is 0.799. The van der Waals surface area contributed by atoms with Gasteiger partial charge in [-0.25, -0.2) is 0 Å². The highest BCUT2D eigenvalue weighted by Gasteiger charge is 1.77. The lowest BCUT2D eigenvalue weighted by Gasteiger charge is -1.85. The number of nitrogens with zero attached hydrogens (tertiary/aromatic N) is 3. The van der Waals surface area contributed by atoms with Crippen molar-refractivity contribution in [3.05, 3.63) is 0 Å². The molecule has 0 aromatic heterocycles. The maximum Gasteiger partial charge on any atom is 0.0621 e. The molecule has 0 aromatic rings. The van der Waals surface area contributed by atoms with E-state index in [-0.39, 0.29) is 0 Å². The van der Waals surface area contributed by atoms with Gasteiger partial charge in [0.05, 0.1) is 6.54 Å². The van der Waals surface area contributed by atoms with Crippen molar-refractivity contribution in [3.63, 3.8) is 0 Å². The monoisotopic (exact) mass is 141 g/mol. The molecule has 3 heteroatoms. The molecule has 0 aliphatic heterocycles. The van der Waals surface area contributed by atoms with Crippen molar-refractivity contribution >= 4 is 5.71 Å². The van der Waals surface area contributed by atoms with Gasteiger partial charge in [0.1, 0.15) is 0 Å². The van der Waals surface area contributed by atoms with Crippen molar-refractivity contribution in [3.8, 4) is 0 Å². The second kappa shape index (κ2) is 6.39.